The fourth-order valence-electron chi connectivity index (χ4n) is 3.42. The highest BCUT2D eigenvalue weighted by molar-refractivity contribution is 7.17. The van der Waals surface area contributed by atoms with Gasteiger partial charge in [0.15, 0.2) is 0 Å². The number of rotatable bonds is 5. The molecule has 0 bridgehead atoms. The topological polar surface area (TPSA) is 75.3 Å². The average molecular weight is 428 g/mol. The van der Waals surface area contributed by atoms with Crippen molar-refractivity contribution in [3.63, 3.8) is 0 Å². The zero-order valence-electron chi connectivity index (χ0n) is 16.1. The number of piperazine rings is 1. The summed E-state index contributed by atoms with van der Waals surface area (Å²) in [5.74, 6) is 0.614. The van der Waals surface area contributed by atoms with E-state index in [4.69, 9.17) is 17.3 Å². The van der Waals surface area contributed by atoms with Crippen LogP contribution in [0.3, 0.4) is 0 Å². The van der Waals surface area contributed by atoms with E-state index in [-0.39, 0.29) is 5.91 Å². The minimum absolute atomic E-state index is 0.142. The molecular formula is C21H22ClN5OS. The van der Waals surface area contributed by atoms with Gasteiger partial charge in [-0.25, -0.2) is 9.97 Å². The third-order valence-electron chi connectivity index (χ3n) is 5.12. The summed E-state index contributed by atoms with van der Waals surface area (Å²) in [5.41, 5.74) is 8.92. The molecule has 4 rings (SSSR count). The van der Waals surface area contributed by atoms with E-state index in [0.29, 0.717) is 25.5 Å². The third kappa shape index (κ3) is 4.58. The van der Waals surface area contributed by atoms with Crippen molar-refractivity contribution >= 4 is 51.1 Å². The molecule has 0 radical (unpaired) electrons. The van der Waals surface area contributed by atoms with Crippen molar-refractivity contribution in [3.8, 4) is 0 Å². The fraction of sp³-hybridized carbons (Fsp3) is 0.286. The van der Waals surface area contributed by atoms with Crippen molar-refractivity contribution in [2.24, 2.45) is 0 Å². The Hall–Kier alpha value is -2.48. The second kappa shape index (κ2) is 8.49. The third-order valence-corrected chi connectivity index (χ3v) is 6.49. The summed E-state index contributed by atoms with van der Waals surface area (Å²) >= 11 is 7.59. The number of nitrogens with two attached hydrogens (primary N) is 1. The second-order valence-electron chi connectivity index (χ2n) is 7.15. The molecule has 8 heteroatoms. The maximum Gasteiger partial charge on any atom is 0.237 e. The second-order valence-corrected chi connectivity index (χ2v) is 8.87. The Kier molecular flexibility index (Phi) is 5.80. The fourth-order valence-corrected chi connectivity index (χ4v) is 4.45. The predicted molar refractivity (Wildman–Crippen MR) is 119 cm³/mol. The Labute approximate surface area is 178 Å². The largest absolute Gasteiger partial charge is 0.383 e. The molecule has 0 saturated carbocycles. The van der Waals surface area contributed by atoms with Crippen LogP contribution in [0, 0.1) is 0 Å². The molecule has 1 fully saturated rings. The first kappa shape index (κ1) is 19.8. The number of carbonyl (C=O) groups is 1. The van der Waals surface area contributed by atoms with E-state index in [2.05, 4.69) is 27.9 Å². The van der Waals surface area contributed by atoms with Crippen LogP contribution in [0.1, 0.15) is 17.4 Å². The SMILES string of the molecule is C/C(=C\CN1CCN(Cc2ccc3c(N)ncnc3c2)C(=O)C1)c1ccc(Cl)s1. The number of nitrogens with zero attached hydrogens (tertiary/aromatic N) is 4. The van der Waals surface area contributed by atoms with Crippen molar-refractivity contribution in [3.05, 3.63) is 57.5 Å². The standard InChI is InChI=1S/C21H22ClN5OS/c1-14(18-4-5-19(22)29-18)6-7-26-8-9-27(20(28)12-26)11-15-2-3-16-17(10-15)24-13-25-21(16)23/h2-6,10,13H,7-9,11-12H2,1H3,(H2,23,24,25)/b14-6+. The van der Waals surface area contributed by atoms with Gasteiger partial charge in [0.2, 0.25) is 5.91 Å². The molecule has 2 aromatic heterocycles. The summed E-state index contributed by atoms with van der Waals surface area (Å²) in [7, 11) is 0. The van der Waals surface area contributed by atoms with Gasteiger partial charge in [-0.1, -0.05) is 23.7 Å². The van der Waals surface area contributed by atoms with E-state index in [1.807, 2.05) is 35.2 Å². The van der Waals surface area contributed by atoms with Crippen molar-refractivity contribution in [2.75, 3.05) is 31.9 Å². The van der Waals surface area contributed by atoms with Crippen LogP contribution in [0.15, 0.2) is 42.7 Å². The number of nitrogen functional groups attached to an aromatic ring is 1. The van der Waals surface area contributed by atoms with Crippen molar-refractivity contribution in [1.29, 1.82) is 0 Å². The number of hydrogen-bond donors (Lipinski definition) is 1. The first-order chi connectivity index (χ1) is 14.0. The van der Waals surface area contributed by atoms with Crippen molar-refractivity contribution < 1.29 is 4.79 Å². The number of anilines is 1. The molecule has 0 aliphatic carbocycles. The lowest BCUT2D eigenvalue weighted by Crippen LogP contribution is -2.49. The lowest BCUT2D eigenvalue weighted by Gasteiger charge is -2.34. The molecule has 29 heavy (non-hydrogen) atoms. The van der Waals surface area contributed by atoms with Crippen LogP contribution in [0.5, 0.6) is 0 Å². The molecule has 1 aliphatic heterocycles. The van der Waals surface area contributed by atoms with Crippen LogP contribution in [-0.4, -0.2) is 51.9 Å². The van der Waals surface area contributed by atoms with Crippen LogP contribution in [0.2, 0.25) is 4.34 Å². The smallest absolute Gasteiger partial charge is 0.237 e. The van der Waals surface area contributed by atoms with Gasteiger partial charge in [0.1, 0.15) is 12.1 Å². The van der Waals surface area contributed by atoms with Gasteiger partial charge in [0.25, 0.3) is 0 Å². The molecule has 0 unspecified atom stereocenters. The summed E-state index contributed by atoms with van der Waals surface area (Å²) in [5, 5.41) is 0.835. The molecule has 0 atom stereocenters. The highest BCUT2D eigenvalue weighted by atomic mass is 35.5. The Bertz CT molecular complexity index is 1080. The number of halogens is 1. The van der Waals surface area contributed by atoms with Crippen LogP contribution < -0.4 is 5.73 Å². The summed E-state index contributed by atoms with van der Waals surface area (Å²) < 4.78 is 0.791. The molecule has 3 heterocycles. The van der Waals surface area contributed by atoms with Crippen LogP contribution in [0.4, 0.5) is 5.82 Å². The Morgan fingerprint density at radius 2 is 2.14 bits per heavy atom. The lowest BCUT2D eigenvalue weighted by molar-refractivity contribution is -0.136. The van der Waals surface area contributed by atoms with Crippen LogP contribution >= 0.6 is 22.9 Å². The highest BCUT2D eigenvalue weighted by Crippen LogP contribution is 2.27. The van der Waals surface area contributed by atoms with Gasteiger partial charge in [0, 0.05) is 36.4 Å². The monoisotopic (exact) mass is 427 g/mol. The number of carbonyl (C=O) groups excluding carboxylic acids is 1. The van der Waals surface area contributed by atoms with Gasteiger partial charge < -0.3 is 10.6 Å². The van der Waals surface area contributed by atoms with E-state index in [1.165, 1.54) is 16.8 Å². The molecule has 6 nitrogen and oxygen atoms in total. The average Bonchev–Trinajstić information content (AvgIpc) is 3.14. The quantitative estimate of drug-likeness (QED) is 0.672. The number of hydrogen-bond acceptors (Lipinski definition) is 6. The zero-order chi connectivity index (χ0) is 20.4. The summed E-state index contributed by atoms with van der Waals surface area (Å²) in [4.78, 5) is 26.2. The Morgan fingerprint density at radius 1 is 1.28 bits per heavy atom. The van der Waals surface area contributed by atoms with Gasteiger partial charge in [-0.3, -0.25) is 9.69 Å². The minimum atomic E-state index is 0.142. The molecule has 1 saturated heterocycles. The van der Waals surface area contributed by atoms with Gasteiger partial charge in [-0.15, -0.1) is 11.3 Å². The highest BCUT2D eigenvalue weighted by Gasteiger charge is 2.23. The maximum atomic E-state index is 12.6. The molecule has 1 amide bonds. The van der Waals surface area contributed by atoms with E-state index in [1.54, 1.807) is 11.3 Å². The lowest BCUT2D eigenvalue weighted by atomic mass is 10.1. The Morgan fingerprint density at radius 3 is 2.90 bits per heavy atom. The normalized spacial score (nSPS) is 16.0. The molecule has 1 aliphatic rings. The molecule has 0 spiro atoms. The summed E-state index contributed by atoms with van der Waals surface area (Å²) in [6.45, 7) is 5.40. The number of thiophene rings is 1. The van der Waals surface area contributed by atoms with Crippen molar-refractivity contribution in [2.45, 2.75) is 13.5 Å². The zero-order valence-corrected chi connectivity index (χ0v) is 17.7. The molecule has 2 N–H and O–H groups in total. The number of benzene rings is 1. The van der Waals surface area contributed by atoms with Gasteiger partial charge in [-0.05, 0) is 42.3 Å². The van der Waals surface area contributed by atoms with E-state index in [9.17, 15) is 4.79 Å². The Balaban J connectivity index is 1.36. The summed E-state index contributed by atoms with van der Waals surface area (Å²) in [6.07, 6.45) is 3.63. The molecule has 3 aromatic rings. The van der Waals surface area contributed by atoms with Crippen molar-refractivity contribution in [1.82, 2.24) is 19.8 Å². The first-order valence-electron chi connectivity index (χ1n) is 9.41. The van der Waals surface area contributed by atoms with E-state index < -0.39 is 0 Å². The number of aromatic nitrogens is 2. The van der Waals surface area contributed by atoms with E-state index in [0.717, 1.165) is 33.9 Å². The minimum Gasteiger partial charge on any atom is -0.383 e. The molecular weight excluding hydrogens is 406 g/mol. The predicted octanol–water partition coefficient (Wildman–Crippen LogP) is 3.67. The first-order valence-corrected chi connectivity index (χ1v) is 10.6. The number of fused-ring (bicyclic) bond motifs is 1. The maximum absolute atomic E-state index is 12.6. The van der Waals surface area contributed by atoms with Gasteiger partial charge >= 0.3 is 0 Å². The van der Waals surface area contributed by atoms with Gasteiger partial charge in [-0.2, -0.15) is 0 Å². The number of allylic oxidation sites excluding steroid dienone is 1. The van der Waals surface area contributed by atoms with Crippen LogP contribution in [-0.2, 0) is 11.3 Å². The number of amides is 1. The molecule has 150 valence electrons. The summed E-state index contributed by atoms with van der Waals surface area (Å²) in [6, 6.07) is 9.83. The van der Waals surface area contributed by atoms with E-state index >= 15 is 0 Å². The van der Waals surface area contributed by atoms with Crippen LogP contribution in [0.25, 0.3) is 16.5 Å². The van der Waals surface area contributed by atoms with Gasteiger partial charge in [0.05, 0.1) is 16.4 Å². The molecule has 1 aromatic carbocycles.